The zero-order chi connectivity index (χ0) is 15.4. The first-order chi connectivity index (χ1) is 10.0. The van der Waals surface area contributed by atoms with Crippen LogP contribution in [0.25, 0.3) is 0 Å². The number of nitrogens with one attached hydrogen (secondary N) is 1. The number of carbonyl (C=O) groups excluding carboxylic acids is 1. The normalized spacial score (nSPS) is 10.2. The van der Waals surface area contributed by atoms with Gasteiger partial charge in [-0.05, 0) is 43.7 Å². The minimum atomic E-state index is -0.478. The predicted octanol–water partition coefficient (Wildman–Crippen LogP) is 3.64. The van der Waals surface area contributed by atoms with Crippen molar-refractivity contribution in [3.05, 3.63) is 53.3 Å². The number of halogens is 1. The Kier molecular flexibility index (Phi) is 4.42. The lowest BCUT2D eigenvalue weighted by Crippen LogP contribution is -2.09. The standard InChI is InChI=1S/C16H17FN2O2/c1-3-21-16(20)12-5-4-6-14(15(12)18)19-11-8-7-10(2)13(17)9-11/h4-9,19H,3,18H2,1-2H3. The summed E-state index contributed by atoms with van der Waals surface area (Å²) in [6.45, 7) is 3.69. The van der Waals surface area contributed by atoms with Crippen LogP contribution in [0.15, 0.2) is 36.4 Å². The van der Waals surface area contributed by atoms with Gasteiger partial charge in [-0.3, -0.25) is 0 Å². The molecular formula is C16H17FN2O2. The summed E-state index contributed by atoms with van der Waals surface area (Å²) in [5.41, 5.74) is 8.19. The second kappa shape index (κ2) is 6.26. The molecule has 2 aromatic carbocycles. The number of carbonyl (C=O) groups is 1. The van der Waals surface area contributed by atoms with Crippen molar-refractivity contribution >= 4 is 23.0 Å². The number of benzene rings is 2. The summed E-state index contributed by atoms with van der Waals surface area (Å²) in [7, 11) is 0. The molecule has 0 radical (unpaired) electrons. The van der Waals surface area contributed by atoms with Crippen molar-refractivity contribution in [3.63, 3.8) is 0 Å². The number of nitrogen functional groups attached to an aromatic ring is 1. The van der Waals surface area contributed by atoms with Crippen LogP contribution in [0.1, 0.15) is 22.8 Å². The smallest absolute Gasteiger partial charge is 0.340 e. The first-order valence-electron chi connectivity index (χ1n) is 6.61. The lowest BCUT2D eigenvalue weighted by atomic mass is 10.1. The number of hydrogen-bond acceptors (Lipinski definition) is 4. The zero-order valence-corrected chi connectivity index (χ0v) is 11.9. The molecule has 0 aromatic heterocycles. The fourth-order valence-electron chi connectivity index (χ4n) is 1.89. The van der Waals surface area contributed by atoms with Gasteiger partial charge in [0.1, 0.15) is 5.82 Å². The third-order valence-electron chi connectivity index (χ3n) is 3.05. The second-order valence-electron chi connectivity index (χ2n) is 4.58. The molecule has 0 heterocycles. The third kappa shape index (κ3) is 3.31. The molecule has 0 fully saturated rings. The topological polar surface area (TPSA) is 64.3 Å². The van der Waals surface area contributed by atoms with Crippen molar-refractivity contribution < 1.29 is 13.9 Å². The Hall–Kier alpha value is -2.56. The highest BCUT2D eigenvalue weighted by Crippen LogP contribution is 2.27. The van der Waals surface area contributed by atoms with Crippen LogP contribution in [0.5, 0.6) is 0 Å². The number of hydrogen-bond donors (Lipinski definition) is 2. The van der Waals surface area contributed by atoms with E-state index in [1.54, 1.807) is 44.2 Å². The van der Waals surface area contributed by atoms with Crippen LogP contribution in [0.3, 0.4) is 0 Å². The van der Waals surface area contributed by atoms with Crippen molar-refractivity contribution in [1.82, 2.24) is 0 Å². The molecular weight excluding hydrogens is 271 g/mol. The number of ether oxygens (including phenoxy) is 1. The summed E-state index contributed by atoms with van der Waals surface area (Å²) < 4.78 is 18.5. The summed E-state index contributed by atoms with van der Waals surface area (Å²) in [5, 5.41) is 3.00. The summed E-state index contributed by atoms with van der Waals surface area (Å²) in [5.74, 6) is -0.783. The Labute approximate surface area is 122 Å². The van der Waals surface area contributed by atoms with E-state index < -0.39 is 5.97 Å². The van der Waals surface area contributed by atoms with E-state index in [2.05, 4.69) is 5.32 Å². The molecule has 0 unspecified atom stereocenters. The van der Waals surface area contributed by atoms with Gasteiger partial charge in [-0.2, -0.15) is 0 Å². The summed E-state index contributed by atoms with van der Waals surface area (Å²) in [6.07, 6.45) is 0. The van der Waals surface area contributed by atoms with Crippen LogP contribution in [0, 0.1) is 12.7 Å². The highest BCUT2D eigenvalue weighted by Gasteiger charge is 2.13. The van der Waals surface area contributed by atoms with Crippen molar-refractivity contribution in [2.75, 3.05) is 17.7 Å². The minimum Gasteiger partial charge on any atom is -0.462 e. The molecule has 5 heteroatoms. The quantitative estimate of drug-likeness (QED) is 0.666. The molecule has 3 N–H and O–H groups in total. The highest BCUT2D eigenvalue weighted by molar-refractivity contribution is 5.98. The average Bonchev–Trinajstić information content (AvgIpc) is 2.45. The van der Waals surface area contributed by atoms with E-state index in [0.29, 0.717) is 16.9 Å². The number of anilines is 3. The molecule has 0 aliphatic carbocycles. The van der Waals surface area contributed by atoms with E-state index in [0.717, 1.165) is 0 Å². The van der Waals surface area contributed by atoms with E-state index >= 15 is 0 Å². The summed E-state index contributed by atoms with van der Waals surface area (Å²) >= 11 is 0. The molecule has 2 aromatic rings. The first kappa shape index (κ1) is 14.8. The fraction of sp³-hybridized carbons (Fsp3) is 0.188. The van der Waals surface area contributed by atoms with Gasteiger partial charge in [0.15, 0.2) is 0 Å². The van der Waals surface area contributed by atoms with E-state index in [1.807, 2.05) is 0 Å². The average molecular weight is 288 g/mol. The van der Waals surface area contributed by atoms with Gasteiger partial charge in [0.2, 0.25) is 0 Å². The van der Waals surface area contributed by atoms with Crippen molar-refractivity contribution in [2.24, 2.45) is 0 Å². The maximum Gasteiger partial charge on any atom is 0.340 e. The van der Waals surface area contributed by atoms with Crippen LogP contribution in [0.2, 0.25) is 0 Å². The number of para-hydroxylation sites is 1. The van der Waals surface area contributed by atoms with E-state index in [9.17, 15) is 9.18 Å². The fourth-order valence-corrected chi connectivity index (χ4v) is 1.89. The van der Waals surface area contributed by atoms with Crippen LogP contribution in [-0.4, -0.2) is 12.6 Å². The van der Waals surface area contributed by atoms with Gasteiger partial charge in [-0.1, -0.05) is 12.1 Å². The van der Waals surface area contributed by atoms with Crippen molar-refractivity contribution in [2.45, 2.75) is 13.8 Å². The van der Waals surface area contributed by atoms with Crippen LogP contribution < -0.4 is 11.1 Å². The molecule has 21 heavy (non-hydrogen) atoms. The Bertz CT molecular complexity index is 671. The van der Waals surface area contributed by atoms with Gasteiger partial charge in [0, 0.05) is 5.69 Å². The Morgan fingerprint density at radius 3 is 2.76 bits per heavy atom. The largest absolute Gasteiger partial charge is 0.462 e. The SMILES string of the molecule is CCOC(=O)c1cccc(Nc2ccc(C)c(F)c2)c1N. The molecule has 0 aliphatic heterocycles. The Morgan fingerprint density at radius 2 is 2.10 bits per heavy atom. The van der Waals surface area contributed by atoms with Gasteiger partial charge in [-0.15, -0.1) is 0 Å². The molecule has 2 rings (SSSR count). The highest BCUT2D eigenvalue weighted by atomic mass is 19.1. The van der Waals surface area contributed by atoms with Crippen LogP contribution in [-0.2, 0) is 4.74 Å². The molecule has 0 amide bonds. The lowest BCUT2D eigenvalue weighted by molar-refractivity contribution is 0.0527. The number of esters is 1. The van der Waals surface area contributed by atoms with Gasteiger partial charge < -0.3 is 15.8 Å². The third-order valence-corrected chi connectivity index (χ3v) is 3.05. The lowest BCUT2D eigenvalue weighted by Gasteiger charge is -2.13. The number of nitrogens with two attached hydrogens (primary N) is 1. The molecule has 0 atom stereocenters. The van der Waals surface area contributed by atoms with Gasteiger partial charge in [0.25, 0.3) is 0 Å². The molecule has 0 spiro atoms. The zero-order valence-electron chi connectivity index (χ0n) is 11.9. The number of rotatable bonds is 4. The van der Waals surface area contributed by atoms with Gasteiger partial charge in [0.05, 0.1) is 23.5 Å². The first-order valence-corrected chi connectivity index (χ1v) is 6.61. The predicted molar refractivity (Wildman–Crippen MR) is 81.2 cm³/mol. The number of aryl methyl sites for hydroxylation is 1. The maximum atomic E-state index is 13.5. The summed E-state index contributed by atoms with van der Waals surface area (Å²) in [4.78, 5) is 11.8. The van der Waals surface area contributed by atoms with E-state index in [-0.39, 0.29) is 23.7 Å². The minimum absolute atomic E-state index is 0.275. The van der Waals surface area contributed by atoms with Gasteiger partial charge in [-0.25, -0.2) is 9.18 Å². The Balaban J connectivity index is 2.30. The summed E-state index contributed by atoms with van der Waals surface area (Å²) in [6, 6.07) is 9.79. The monoisotopic (exact) mass is 288 g/mol. The van der Waals surface area contributed by atoms with Crippen LogP contribution >= 0.6 is 0 Å². The van der Waals surface area contributed by atoms with E-state index in [1.165, 1.54) is 6.07 Å². The molecule has 0 bridgehead atoms. The van der Waals surface area contributed by atoms with Crippen molar-refractivity contribution in [3.8, 4) is 0 Å². The molecule has 4 nitrogen and oxygen atoms in total. The molecule has 0 saturated carbocycles. The molecule has 0 aliphatic rings. The van der Waals surface area contributed by atoms with Gasteiger partial charge >= 0.3 is 5.97 Å². The van der Waals surface area contributed by atoms with Crippen molar-refractivity contribution in [1.29, 1.82) is 0 Å². The Morgan fingerprint density at radius 1 is 1.33 bits per heavy atom. The second-order valence-corrected chi connectivity index (χ2v) is 4.58. The van der Waals surface area contributed by atoms with E-state index in [4.69, 9.17) is 10.5 Å². The maximum absolute atomic E-state index is 13.5. The molecule has 110 valence electrons. The van der Waals surface area contributed by atoms with Crippen LogP contribution in [0.4, 0.5) is 21.5 Å². The molecule has 0 saturated heterocycles.